The van der Waals surface area contributed by atoms with Crippen LogP contribution in [0.1, 0.15) is 36.0 Å². The molecule has 0 fully saturated rings. The molecule has 0 aliphatic rings. The molecule has 6 heteroatoms. The van der Waals surface area contributed by atoms with Crippen LogP contribution in [0.2, 0.25) is 0 Å². The first-order valence-electron chi connectivity index (χ1n) is 8.51. The molecule has 0 aromatic heterocycles. The van der Waals surface area contributed by atoms with Crippen LogP contribution < -0.4 is 11.1 Å². The number of hydrogen-bond acceptors (Lipinski definition) is 2. The van der Waals surface area contributed by atoms with Crippen LogP contribution in [0.15, 0.2) is 54.6 Å². The van der Waals surface area contributed by atoms with E-state index in [2.05, 4.69) is 5.32 Å². The van der Waals surface area contributed by atoms with E-state index in [0.29, 0.717) is 24.9 Å². The Hall–Kier alpha value is -2.34. The third-order valence-corrected chi connectivity index (χ3v) is 4.29. The van der Waals surface area contributed by atoms with E-state index in [1.54, 1.807) is 6.07 Å². The summed E-state index contributed by atoms with van der Waals surface area (Å²) < 4.78 is 38.4. The van der Waals surface area contributed by atoms with E-state index in [9.17, 15) is 18.0 Å². The highest BCUT2D eigenvalue weighted by atomic mass is 19.4. The third-order valence-electron chi connectivity index (χ3n) is 4.29. The van der Waals surface area contributed by atoms with Crippen LogP contribution in [0.25, 0.3) is 0 Å². The summed E-state index contributed by atoms with van der Waals surface area (Å²) in [6, 6.07) is 14.1. The second-order valence-electron chi connectivity index (χ2n) is 6.40. The third kappa shape index (κ3) is 5.88. The molecule has 1 unspecified atom stereocenters. The zero-order valence-corrected chi connectivity index (χ0v) is 14.6. The lowest BCUT2D eigenvalue weighted by Crippen LogP contribution is -2.42. The van der Waals surface area contributed by atoms with E-state index in [0.717, 1.165) is 17.7 Å². The Morgan fingerprint density at radius 1 is 1.12 bits per heavy atom. The molecule has 0 aliphatic heterocycles. The molecule has 2 aromatic carbocycles. The van der Waals surface area contributed by atoms with Gasteiger partial charge >= 0.3 is 6.18 Å². The van der Waals surface area contributed by atoms with Gasteiger partial charge in [0.25, 0.3) is 0 Å². The molecule has 140 valence electrons. The monoisotopic (exact) mass is 364 g/mol. The van der Waals surface area contributed by atoms with Gasteiger partial charge in [0.05, 0.1) is 11.6 Å². The van der Waals surface area contributed by atoms with Crippen molar-refractivity contribution in [3.63, 3.8) is 0 Å². The molecule has 0 aliphatic carbocycles. The van der Waals surface area contributed by atoms with Gasteiger partial charge in [0, 0.05) is 6.54 Å². The first-order valence-corrected chi connectivity index (χ1v) is 8.51. The van der Waals surface area contributed by atoms with Crippen LogP contribution >= 0.6 is 0 Å². The van der Waals surface area contributed by atoms with Crippen LogP contribution in [0.4, 0.5) is 13.2 Å². The highest BCUT2D eigenvalue weighted by molar-refractivity contribution is 5.81. The van der Waals surface area contributed by atoms with Crippen molar-refractivity contribution in [3.8, 4) is 0 Å². The van der Waals surface area contributed by atoms with Gasteiger partial charge in [0.2, 0.25) is 5.91 Å². The zero-order valence-electron chi connectivity index (χ0n) is 14.6. The summed E-state index contributed by atoms with van der Waals surface area (Å²) >= 11 is 0. The largest absolute Gasteiger partial charge is 0.416 e. The number of halogens is 3. The number of nitrogens with two attached hydrogens (primary N) is 1. The summed E-state index contributed by atoms with van der Waals surface area (Å²) in [7, 11) is 0. The van der Waals surface area contributed by atoms with Gasteiger partial charge in [-0.3, -0.25) is 4.79 Å². The van der Waals surface area contributed by atoms with Gasteiger partial charge in [-0.2, -0.15) is 13.2 Å². The molecule has 26 heavy (non-hydrogen) atoms. The second-order valence-corrected chi connectivity index (χ2v) is 6.40. The summed E-state index contributed by atoms with van der Waals surface area (Å²) in [6.07, 6.45) is -3.38. The van der Waals surface area contributed by atoms with E-state index in [-0.39, 0.29) is 11.8 Å². The standard InChI is InChI=1S/C20H23F3N2O/c1-14(16-8-5-9-17(13-16)20(21,22)23)10-11-25-19(26)18(24)12-15-6-3-2-4-7-15/h2-9,13-14,18H,10-12,24H2,1H3,(H,25,26)/t14?,18-/m0/s1. The van der Waals surface area contributed by atoms with Gasteiger partial charge < -0.3 is 11.1 Å². The maximum atomic E-state index is 12.8. The molecule has 3 N–H and O–H groups in total. The molecular formula is C20H23F3N2O. The number of rotatable bonds is 7. The van der Waals surface area contributed by atoms with Crippen molar-refractivity contribution in [3.05, 3.63) is 71.3 Å². The number of alkyl halides is 3. The predicted octanol–water partition coefficient (Wildman–Crippen LogP) is 3.89. The number of hydrogen-bond donors (Lipinski definition) is 2. The average Bonchev–Trinajstić information content (AvgIpc) is 2.61. The molecule has 1 amide bonds. The van der Waals surface area contributed by atoms with Crippen molar-refractivity contribution in [1.82, 2.24) is 5.32 Å². The fourth-order valence-electron chi connectivity index (χ4n) is 2.69. The summed E-state index contributed by atoms with van der Waals surface area (Å²) in [6.45, 7) is 2.20. The Labute approximate surface area is 151 Å². The lowest BCUT2D eigenvalue weighted by molar-refractivity contribution is -0.137. The maximum absolute atomic E-state index is 12.8. The topological polar surface area (TPSA) is 55.1 Å². The van der Waals surface area contributed by atoms with Crippen molar-refractivity contribution < 1.29 is 18.0 Å². The number of nitrogens with one attached hydrogen (secondary N) is 1. The lowest BCUT2D eigenvalue weighted by Gasteiger charge is -2.16. The minimum Gasteiger partial charge on any atom is -0.355 e. The van der Waals surface area contributed by atoms with Crippen molar-refractivity contribution in [2.24, 2.45) is 5.73 Å². The van der Waals surface area contributed by atoms with E-state index in [4.69, 9.17) is 5.73 Å². The van der Waals surface area contributed by atoms with Crippen LogP contribution in [0.3, 0.4) is 0 Å². The van der Waals surface area contributed by atoms with Crippen LogP contribution in [0, 0.1) is 0 Å². The van der Waals surface area contributed by atoms with Gasteiger partial charge in [-0.05, 0) is 36.0 Å². The molecule has 0 radical (unpaired) electrons. The number of amides is 1. The predicted molar refractivity (Wildman–Crippen MR) is 95.6 cm³/mol. The number of benzene rings is 2. The molecule has 0 saturated carbocycles. The zero-order chi connectivity index (χ0) is 19.2. The van der Waals surface area contributed by atoms with E-state index in [1.165, 1.54) is 6.07 Å². The Balaban J connectivity index is 1.82. The fourth-order valence-corrected chi connectivity index (χ4v) is 2.69. The molecule has 2 rings (SSSR count). The lowest BCUT2D eigenvalue weighted by atomic mass is 9.96. The van der Waals surface area contributed by atoms with Crippen LogP contribution in [-0.4, -0.2) is 18.5 Å². The first-order chi connectivity index (χ1) is 12.3. The Kier molecular flexibility index (Phi) is 6.80. The van der Waals surface area contributed by atoms with Gasteiger partial charge in [0.1, 0.15) is 0 Å². The highest BCUT2D eigenvalue weighted by Crippen LogP contribution is 2.31. The summed E-state index contributed by atoms with van der Waals surface area (Å²) in [5, 5.41) is 2.76. The molecule has 2 aromatic rings. The SMILES string of the molecule is CC(CCNC(=O)[C@@H](N)Cc1ccccc1)c1cccc(C(F)(F)F)c1. The minimum atomic E-state index is -4.35. The molecule has 0 heterocycles. The number of carbonyl (C=O) groups excluding carboxylic acids is 1. The maximum Gasteiger partial charge on any atom is 0.416 e. The van der Waals surface area contributed by atoms with Gasteiger partial charge in [-0.1, -0.05) is 55.5 Å². The first kappa shape index (κ1) is 20.0. The molecule has 0 spiro atoms. The van der Waals surface area contributed by atoms with Crippen LogP contribution in [-0.2, 0) is 17.4 Å². The van der Waals surface area contributed by atoms with Gasteiger partial charge in [-0.15, -0.1) is 0 Å². The summed E-state index contributed by atoms with van der Waals surface area (Å²) in [4.78, 5) is 12.1. The van der Waals surface area contributed by atoms with E-state index < -0.39 is 17.8 Å². The van der Waals surface area contributed by atoms with Crippen molar-refractivity contribution in [2.75, 3.05) is 6.54 Å². The Morgan fingerprint density at radius 3 is 2.46 bits per heavy atom. The van der Waals surface area contributed by atoms with Crippen molar-refractivity contribution in [1.29, 1.82) is 0 Å². The van der Waals surface area contributed by atoms with Gasteiger partial charge in [0.15, 0.2) is 0 Å². The Morgan fingerprint density at radius 2 is 1.81 bits per heavy atom. The highest BCUT2D eigenvalue weighted by Gasteiger charge is 2.30. The molecule has 0 saturated heterocycles. The number of carbonyl (C=O) groups is 1. The average molecular weight is 364 g/mol. The summed E-state index contributed by atoms with van der Waals surface area (Å²) in [5.74, 6) is -0.368. The van der Waals surface area contributed by atoms with Gasteiger partial charge in [-0.25, -0.2) is 0 Å². The molecule has 0 bridgehead atoms. The summed E-state index contributed by atoms with van der Waals surface area (Å²) in [5.41, 5.74) is 6.83. The van der Waals surface area contributed by atoms with Crippen LogP contribution in [0.5, 0.6) is 0 Å². The Bertz CT molecular complexity index is 716. The molecule has 3 nitrogen and oxygen atoms in total. The fraction of sp³-hybridized carbons (Fsp3) is 0.350. The molecule has 2 atom stereocenters. The smallest absolute Gasteiger partial charge is 0.355 e. The normalized spacial score (nSPS) is 13.9. The van der Waals surface area contributed by atoms with Crippen molar-refractivity contribution in [2.45, 2.75) is 37.9 Å². The quantitative estimate of drug-likeness (QED) is 0.783. The molecular weight excluding hydrogens is 341 g/mol. The van der Waals surface area contributed by atoms with E-state index in [1.807, 2.05) is 37.3 Å². The second kappa shape index (κ2) is 8.85. The van der Waals surface area contributed by atoms with Crippen molar-refractivity contribution >= 4 is 5.91 Å². The van der Waals surface area contributed by atoms with E-state index >= 15 is 0 Å². The minimum absolute atomic E-state index is 0.108.